The molecule has 0 fully saturated rings. The van der Waals surface area contributed by atoms with Crippen LogP contribution in [-0.4, -0.2) is 23.3 Å². The van der Waals surface area contributed by atoms with Crippen LogP contribution in [0, 0.1) is 5.41 Å². The Balaban J connectivity index is 2.34. The molecule has 0 bridgehead atoms. The molecule has 1 aromatic heterocycles. The fourth-order valence-corrected chi connectivity index (χ4v) is 1.41. The predicted molar refractivity (Wildman–Crippen MR) is 64.3 cm³/mol. The smallest absolute Gasteiger partial charge is 0.217 e. The van der Waals surface area contributed by atoms with Crippen molar-refractivity contribution in [2.45, 2.75) is 47.0 Å². The summed E-state index contributed by atoms with van der Waals surface area (Å²) in [7, 11) is 0. The number of hydrogen-bond donors (Lipinski definition) is 1. The molecule has 0 atom stereocenters. The Hall–Kier alpha value is -0.900. The third-order valence-corrected chi connectivity index (χ3v) is 2.13. The van der Waals surface area contributed by atoms with Crippen LogP contribution in [0.1, 0.15) is 45.9 Å². The lowest BCUT2D eigenvalue weighted by Gasteiger charge is -2.14. The van der Waals surface area contributed by atoms with Crippen LogP contribution in [0.25, 0.3) is 0 Å². The topological polar surface area (TPSA) is 51.0 Å². The van der Waals surface area contributed by atoms with E-state index in [9.17, 15) is 0 Å². The van der Waals surface area contributed by atoms with Gasteiger partial charge in [0.1, 0.15) is 0 Å². The lowest BCUT2D eigenvalue weighted by Crippen LogP contribution is -2.17. The van der Waals surface area contributed by atoms with E-state index in [1.165, 1.54) is 0 Å². The highest BCUT2D eigenvalue weighted by atomic mass is 16.4. The maximum Gasteiger partial charge on any atom is 0.217 e. The molecule has 0 aliphatic heterocycles. The van der Waals surface area contributed by atoms with Crippen LogP contribution in [0.5, 0.6) is 0 Å². The van der Waals surface area contributed by atoms with E-state index < -0.39 is 0 Å². The monoisotopic (exact) mass is 225 g/mol. The molecule has 0 saturated heterocycles. The van der Waals surface area contributed by atoms with Gasteiger partial charge < -0.3 is 9.73 Å². The van der Waals surface area contributed by atoms with Gasteiger partial charge in [-0.3, -0.25) is 0 Å². The summed E-state index contributed by atoms with van der Waals surface area (Å²) in [5.41, 5.74) is 0.199. The summed E-state index contributed by atoms with van der Waals surface area (Å²) >= 11 is 0. The van der Waals surface area contributed by atoms with Crippen molar-refractivity contribution in [2.75, 3.05) is 13.1 Å². The normalized spacial score (nSPS) is 12.0. The molecular weight excluding hydrogens is 202 g/mol. The average molecular weight is 225 g/mol. The van der Waals surface area contributed by atoms with E-state index >= 15 is 0 Å². The molecule has 0 unspecified atom stereocenters. The van der Waals surface area contributed by atoms with Crippen molar-refractivity contribution in [3.05, 3.63) is 11.8 Å². The first-order valence-corrected chi connectivity index (χ1v) is 6.03. The highest BCUT2D eigenvalue weighted by Crippen LogP contribution is 2.19. The van der Waals surface area contributed by atoms with Crippen molar-refractivity contribution in [2.24, 2.45) is 5.41 Å². The number of nitrogens with one attached hydrogen (secondary N) is 1. The molecule has 1 aromatic rings. The maximum atomic E-state index is 5.58. The van der Waals surface area contributed by atoms with E-state index in [0.29, 0.717) is 0 Å². The third-order valence-electron chi connectivity index (χ3n) is 2.13. The van der Waals surface area contributed by atoms with E-state index in [-0.39, 0.29) is 5.41 Å². The van der Waals surface area contributed by atoms with Crippen molar-refractivity contribution in [3.8, 4) is 0 Å². The van der Waals surface area contributed by atoms with Crippen molar-refractivity contribution in [3.63, 3.8) is 0 Å². The Bertz CT molecular complexity index is 301. The van der Waals surface area contributed by atoms with Gasteiger partial charge >= 0.3 is 0 Å². The van der Waals surface area contributed by atoms with Crippen molar-refractivity contribution in [1.82, 2.24) is 15.5 Å². The molecule has 0 aliphatic carbocycles. The van der Waals surface area contributed by atoms with Gasteiger partial charge in [-0.25, -0.2) is 0 Å². The minimum atomic E-state index is 0.199. The summed E-state index contributed by atoms with van der Waals surface area (Å²) in [5.74, 6) is 1.49. The van der Waals surface area contributed by atoms with Gasteiger partial charge in [0.2, 0.25) is 11.8 Å². The van der Waals surface area contributed by atoms with Crippen LogP contribution >= 0.6 is 0 Å². The highest BCUT2D eigenvalue weighted by Gasteiger charge is 2.16. The summed E-state index contributed by atoms with van der Waals surface area (Å²) in [5, 5.41) is 11.4. The van der Waals surface area contributed by atoms with Crippen LogP contribution in [0.3, 0.4) is 0 Å². The molecule has 1 N–H and O–H groups in total. The van der Waals surface area contributed by atoms with E-state index in [0.717, 1.165) is 44.1 Å². The van der Waals surface area contributed by atoms with Crippen molar-refractivity contribution >= 4 is 0 Å². The van der Waals surface area contributed by atoms with Crippen LogP contribution in [-0.2, 0) is 12.8 Å². The molecule has 4 heteroatoms. The van der Waals surface area contributed by atoms with Crippen molar-refractivity contribution < 1.29 is 4.42 Å². The lowest BCUT2D eigenvalue weighted by molar-refractivity contribution is 0.344. The van der Waals surface area contributed by atoms with E-state index in [1.807, 2.05) is 0 Å². The maximum absolute atomic E-state index is 5.58. The fourth-order valence-electron chi connectivity index (χ4n) is 1.41. The third kappa shape index (κ3) is 5.26. The van der Waals surface area contributed by atoms with E-state index in [1.54, 1.807) is 0 Å². The Labute approximate surface area is 97.8 Å². The molecule has 0 saturated carbocycles. The fraction of sp³-hybridized carbons (Fsp3) is 0.833. The number of hydrogen-bond acceptors (Lipinski definition) is 4. The lowest BCUT2D eigenvalue weighted by atomic mass is 9.92. The molecule has 0 aliphatic rings. The molecule has 0 aromatic carbocycles. The molecule has 0 radical (unpaired) electrons. The van der Waals surface area contributed by atoms with Crippen LogP contribution in [0.4, 0.5) is 0 Å². The Morgan fingerprint density at radius 3 is 2.44 bits per heavy atom. The highest BCUT2D eigenvalue weighted by molar-refractivity contribution is 4.86. The number of nitrogens with zero attached hydrogens (tertiary/aromatic N) is 2. The van der Waals surface area contributed by atoms with Gasteiger partial charge in [0, 0.05) is 19.4 Å². The number of rotatable bonds is 6. The van der Waals surface area contributed by atoms with Gasteiger partial charge in [0.25, 0.3) is 0 Å². The SMILES string of the molecule is CCCNCCc1nnc(CC(C)(C)C)o1. The summed E-state index contributed by atoms with van der Waals surface area (Å²) in [6.07, 6.45) is 2.80. The minimum Gasteiger partial charge on any atom is -0.425 e. The zero-order valence-electron chi connectivity index (χ0n) is 10.8. The molecule has 1 rings (SSSR count). The summed E-state index contributed by atoms with van der Waals surface area (Å²) in [6, 6.07) is 0. The van der Waals surface area contributed by atoms with Gasteiger partial charge in [-0.15, -0.1) is 10.2 Å². The van der Waals surface area contributed by atoms with Crippen LogP contribution in [0.15, 0.2) is 4.42 Å². The van der Waals surface area contributed by atoms with Gasteiger partial charge in [0.15, 0.2) is 0 Å². The molecule has 92 valence electrons. The minimum absolute atomic E-state index is 0.199. The average Bonchev–Trinajstić information content (AvgIpc) is 2.58. The van der Waals surface area contributed by atoms with E-state index in [2.05, 4.69) is 43.2 Å². The van der Waals surface area contributed by atoms with Gasteiger partial charge in [-0.1, -0.05) is 27.7 Å². The Morgan fingerprint density at radius 1 is 1.12 bits per heavy atom. The zero-order valence-corrected chi connectivity index (χ0v) is 10.8. The first kappa shape index (κ1) is 13.2. The first-order chi connectivity index (χ1) is 7.51. The molecular formula is C12H23N3O. The largest absolute Gasteiger partial charge is 0.425 e. The second-order valence-electron chi connectivity index (χ2n) is 5.33. The van der Waals surface area contributed by atoms with E-state index in [4.69, 9.17) is 4.42 Å². The second kappa shape index (κ2) is 5.99. The van der Waals surface area contributed by atoms with Crippen molar-refractivity contribution in [1.29, 1.82) is 0 Å². The Kier molecular flexibility index (Phi) is 4.93. The van der Waals surface area contributed by atoms with Gasteiger partial charge in [0.05, 0.1) is 0 Å². The molecule has 1 heterocycles. The quantitative estimate of drug-likeness (QED) is 0.754. The molecule has 0 amide bonds. The summed E-state index contributed by atoms with van der Waals surface area (Å²) < 4.78 is 5.58. The molecule has 16 heavy (non-hydrogen) atoms. The predicted octanol–water partition coefficient (Wildman–Crippen LogP) is 2.20. The first-order valence-electron chi connectivity index (χ1n) is 6.03. The Morgan fingerprint density at radius 2 is 1.81 bits per heavy atom. The summed E-state index contributed by atoms with van der Waals surface area (Å²) in [6.45, 7) is 10.6. The standard InChI is InChI=1S/C12H23N3O/c1-5-7-13-8-6-10-14-15-11(16-10)9-12(2,3)4/h13H,5-9H2,1-4H3. The zero-order chi connectivity index (χ0) is 12.0. The summed E-state index contributed by atoms with van der Waals surface area (Å²) in [4.78, 5) is 0. The van der Waals surface area contributed by atoms with Crippen LogP contribution < -0.4 is 5.32 Å². The number of aromatic nitrogens is 2. The van der Waals surface area contributed by atoms with Gasteiger partial charge in [-0.2, -0.15) is 0 Å². The van der Waals surface area contributed by atoms with Crippen LogP contribution in [0.2, 0.25) is 0 Å². The molecule has 4 nitrogen and oxygen atoms in total. The second-order valence-corrected chi connectivity index (χ2v) is 5.33. The van der Waals surface area contributed by atoms with Gasteiger partial charge in [-0.05, 0) is 18.4 Å². The molecule has 0 spiro atoms.